The zero-order valence-electron chi connectivity index (χ0n) is 14.3. The molecule has 0 aliphatic rings. The largest absolute Gasteiger partial charge is 0.306 e. The molecule has 0 aliphatic heterocycles. The van der Waals surface area contributed by atoms with Gasteiger partial charge in [0.1, 0.15) is 11.6 Å². The first kappa shape index (κ1) is 16.7. The van der Waals surface area contributed by atoms with E-state index in [1.807, 2.05) is 66.7 Å². The Morgan fingerprint density at radius 3 is 2.15 bits per heavy atom. The van der Waals surface area contributed by atoms with Gasteiger partial charge < -0.3 is 5.32 Å². The number of aromatic nitrogens is 2. The maximum Gasteiger partial charge on any atom is 0.256 e. The molecule has 1 heterocycles. The highest BCUT2D eigenvalue weighted by Gasteiger charge is 2.14. The maximum atomic E-state index is 13.1. The second-order valence-corrected chi connectivity index (χ2v) is 5.99. The van der Waals surface area contributed by atoms with E-state index in [-0.39, 0.29) is 11.7 Å². The van der Waals surface area contributed by atoms with Gasteiger partial charge in [-0.3, -0.25) is 4.79 Å². The molecule has 3 aromatic carbocycles. The monoisotopic (exact) mass is 357 g/mol. The predicted molar refractivity (Wildman–Crippen MR) is 103 cm³/mol. The van der Waals surface area contributed by atoms with E-state index >= 15 is 0 Å². The molecule has 1 N–H and O–H groups in total. The van der Waals surface area contributed by atoms with Crippen LogP contribution in [-0.4, -0.2) is 15.7 Å². The minimum Gasteiger partial charge on any atom is -0.306 e. The van der Waals surface area contributed by atoms with Crippen molar-refractivity contribution in [3.8, 4) is 16.9 Å². The molecule has 0 radical (unpaired) electrons. The lowest BCUT2D eigenvalue weighted by molar-refractivity contribution is 0.102. The molecule has 0 saturated carbocycles. The van der Waals surface area contributed by atoms with Gasteiger partial charge in [-0.05, 0) is 36.4 Å². The fourth-order valence-corrected chi connectivity index (χ4v) is 2.78. The van der Waals surface area contributed by atoms with E-state index in [9.17, 15) is 9.18 Å². The molecule has 0 fully saturated rings. The molecule has 0 atom stereocenters. The molecule has 4 aromatic rings. The Labute approximate surface area is 155 Å². The maximum absolute atomic E-state index is 13.1. The van der Waals surface area contributed by atoms with E-state index in [0.29, 0.717) is 11.4 Å². The van der Waals surface area contributed by atoms with Crippen LogP contribution in [-0.2, 0) is 0 Å². The summed E-state index contributed by atoms with van der Waals surface area (Å²) in [6, 6.07) is 26.5. The molecule has 0 spiro atoms. The van der Waals surface area contributed by atoms with Crippen LogP contribution in [0, 0.1) is 5.82 Å². The summed E-state index contributed by atoms with van der Waals surface area (Å²) in [7, 11) is 0. The lowest BCUT2D eigenvalue weighted by Crippen LogP contribution is -2.15. The minimum absolute atomic E-state index is 0.327. The molecule has 4 rings (SSSR count). The Kier molecular flexibility index (Phi) is 4.49. The average molecular weight is 357 g/mol. The summed E-state index contributed by atoms with van der Waals surface area (Å²) in [5.74, 6) is -0.173. The van der Waals surface area contributed by atoms with Gasteiger partial charge in [0.25, 0.3) is 5.91 Å². The van der Waals surface area contributed by atoms with Gasteiger partial charge in [0.15, 0.2) is 0 Å². The molecule has 5 heteroatoms. The van der Waals surface area contributed by atoms with E-state index in [1.165, 1.54) is 24.3 Å². The van der Waals surface area contributed by atoms with E-state index in [2.05, 4.69) is 10.4 Å². The van der Waals surface area contributed by atoms with Gasteiger partial charge in [0.2, 0.25) is 0 Å². The number of amides is 1. The molecule has 132 valence electrons. The van der Waals surface area contributed by atoms with Crippen LogP contribution in [0.3, 0.4) is 0 Å². The Bertz CT molecular complexity index is 1060. The van der Waals surface area contributed by atoms with Crippen molar-refractivity contribution >= 4 is 11.7 Å². The molecule has 0 saturated heterocycles. The number of hydrogen-bond acceptors (Lipinski definition) is 2. The molecule has 1 aromatic heterocycles. The fourth-order valence-electron chi connectivity index (χ4n) is 2.78. The molecular formula is C22H16FN3O. The van der Waals surface area contributed by atoms with Crippen LogP contribution < -0.4 is 5.32 Å². The van der Waals surface area contributed by atoms with Crippen LogP contribution in [0.25, 0.3) is 16.9 Å². The van der Waals surface area contributed by atoms with Crippen molar-refractivity contribution in [3.05, 3.63) is 102 Å². The molecule has 27 heavy (non-hydrogen) atoms. The summed E-state index contributed by atoms with van der Waals surface area (Å²) in [5, 5.41) is 7.53. The lowest BCUT2D eigenvalue weighted by Gasteiger charge is -2.08. The van der Waals surface area contributed by atoms with Crippen molar-refractivity contribution in [2.45, 2.75) is 0 Å². The number of anilines is 1. The normalized spacial score (nSPS) is 10.6. The Morgan fingerprint density at radius 1 is 0.852 bits per heavy atom. The lowest BCUT2D eigenvalue weighted by atomic mass is 10.1. The van der Waals surface area contributed by atoms with Crippen LogP contribution in [0.2, 0.25) is 0 Å². The highest BCUT2D eigenvalue weighted by atomic mass is 19.1. The number of nitrogens with zero attached hydrogens (tertiary/aromatic N) is 2. The Hall–Kier alpha value is -3.73. The second kappa shape index (κ2) is 7.25. The minimum atomic E-state index is -0.382. The quantitative estimate of drug-likeness (QED) is 0.563. The van der Waals surface area contributed by atoms with Gasteiger partial charge in [-0.25, -0.2) is 9.07 Å². The number of para-hydroxylation sites is 1. The first-order valence-electron chi connectivity index (χ1n) is 8.48. The third kappa shape index (κ3) is 3.62. The number of carbonyl (C=O) groups is 1. The number of rotatable bonds is 4. The van der Waals surface area contributed by atoms with Crippen LogP contribution in [0.4, 0.5) is 10.2 Å². The van der Waals surface area contributed by atoms with Crippen molar-refractivity contribution in [2.75, 3.05) is 5.32 Å². The third-order valence-electron chi connectivity index (χ3n) is 4.13. The number of halogens is 1. The van der Waals surface area contributed by atoms with Crippen molar-refractivity contribution in [1.82, 2.24) is 9.78 Å². The summed E-state index contributed by atoms with van der Waals surface area (Å²) < 4.78 is 14.8. The third-order valence-corrected chi connectivity index (χ3v) is 4.13. The summed E-state index contributed by atoms with van der Waals surface area (Å²) >= 11 is 0. The van der Waals surface area contributed by atoms with E-state index in [0.717, 1.165) is 16.9 Å². The van der Waals surface area contributed by atoms with Crippen molar-refractivity contribution in [2.24, 2.45) is 0 Å². The van der Waals surface area contributed by atoms with Crippen LogP contribution >= 0.6 is 0 Å². The van der Waals surface area contributed by atoms with E-state index in [4.69, 9.17) is 0 Å². The van der Waals surface area contributed by atoms with Gasteiger partial charge in [0.05, 0.1) is 11.4 Å². The zero-order chi connectivity index (χ0) is 18.6. The Morgan fingerprint density at radius 2 is 1.48 bits per heavy atom. The number of hydrogen-bond donors (Lipinski definition) is 1. The first-order valence-corrected chi connectivity index (χ1v) is 8.48. The molecule has 1 amide bonds. The summed E-state index contributed by atoms with van der Waals surface area (Å²) in [6.45, 7) is 0. The first-order chi connectivity index (χ1) is 13.2. The molecule has 0 bridgehead atoms. The predicted octanol–water partition coefficient (Wildman–Crippen LogP) is 4.93. The summed E-state index contributed by atoms with van der Waals surface area (Å²) in [6.07, 6.45) is 0. The molecule has 0 aliphatic carbocycles. The molecular weight excluding hydrogens is 341 g/mol. The summed E-state index contributed by atoms with van der Waals surface area (Å²) in [5.41, 5.74) is 2.89. The van der Waals surface area contributed by atoms with Gasteiger partial charge in [-0.15, -0.1) is 0 Å². The van der Waals surface area contributed by atoms with Crippen molar-refractivity contribution in [1.29, 1.82) is 0 Å². The van der Waals surface area contributed by atoms with Crippen molar-refractivity contribution in [3.63, 3.8) is 0 Å². The van der Waals surface area contributed by atoms with Crippen LogP contribution in [0.1, 0.15) is 10.4 Å². The highest BCUT2D eigenvalue weighted by molar-refractivity contribution is 6.04. The van der Waals surface area contributed by atoms with E-state index < -0.39 is 0 Å². The van der Waals surface area contributed by atoms with Gasteiger partial charge >= 0.3 is 0 Å². The Balaban J connectivity index is 1.73. The second-order valence-electron chi connectivity index (χ2n) is 5.99. The van der Waals surface area contributed by atoms with Gasteiger partial charge in [-0.2, -0.15) is 5.10 Å². The zero-order valence-corrected chi connectivity index (χ0v) is 14.3. The van der Waals surface area contributed by atoms with Crippen LogP contribution in [0.5, 0.6) is 0 Å². The topological polar surface area (TPSA) is 46.9 Å². The van der Waals surface area contributed by atoms with Gasteiger partial charge in [-0.1, -0.05) is 48.5 Å². The average Bonchev–Trinajstić information content (AvgIpc) is 3.13. The standard InChI is InChI=1S/C22H16FN3O/c23-18-13-11-17(12-14-18)22(27)24-21-15-20(16-7-3-1-4-8-16)25-26(21)19-9-5-2-6-10-19/h1-15H,(H,24,27). The van der Waals surface area contributed by atoms with Crippen LogP contribution in [0.15, 0.2) is 91.0 Å². The molecule has 4 nitrogen and oxygen atoms in total. The number of nitrogens with one attached hydrogen (secondary N) is 1. The number of carbonyl (C=O) groups excluding carboxylic acids is 1. The SMILES string of the molecule is O=C(Nc1cc(-c2ccccc2)nn1-c1ccccc1)c1ccc(F)cc1. The fraction of sp³-hybridized carbons (Fsp3) is 0. The van der Waals surface area contributed by atoms with Gasteiger partial charge in [0, 0.05) is 17.2 Å². The summed E-state index contributed by atoms with van der Waals surface area (Å²) in [4.78, 5) is 12.6. The smallest absolute Gasteiger partial charge is 0.256 e. The molecule has 0 unspecified atom stereocenters. The van der Waals surface area contributed by atoms with E-state index in [1.54, 1.807) is 4.68 Å². The number of benzene rings is 3. The van der Waals surface area contributed by atoms with Crippen molar-refractivity contribution < 1.29 is 9.18 Å². The highest BCUT2D eigenvalue weighted by Crippen LogP contribution is 2.25.